The van der Waals surface area contributed by atoms with Gasteiger partial charge in [-0.2, -0.15) is 9.98 Å². The molecule has 0 saturated carbocycles. The van der Waals surface area contributed by atoms with Gasteiger partial charge in [0.15, 0.2) is 0 Å². The fraction of sp³-hybridized carbons (Fsp3) is 0.647. The average Bonchev–Trinajstić information content (AvgIpc) is 2.38. The Morgan fingerprint density at radius 1 is 1.10 bits per heavy atom. The molecule has 21 heavy (non-hydrogen) atoms. The summed E-state index contributed by atoms with van der Waals surface area (Å²) in [7, 11) is 0. The fourth-order valence-electron chi connectivity index (χ4n) is 3.20. The van der Waals surface area contributed by atoms with E-state index in [0.717, 1.165) is 5.57 Å². The van der Waals surface area contributed by atoms with Gasteiger partial charge < -0.3 is 0 Å². The molecule has 0 aliphatic heterocycles. The van der Waals surface area contributed by atoms with Crippen LogP contribution in [0.2, 0.25) is 0 Å². The van der Waals surface area contributed by atoms with Crippen LogP contribution in [0.4, 0.5) is 0 Å². The summed E-state index contributed by atoms with van der Waals surface area (Å²) in [5, 5.41) is 0. The van der Waals surface area contributed by atoms with Crippen LogP contribution in [-0.4, -0.2) is 17.7 Å². The van der Waals surface area contributed by atoms with Crippen molar-refractivity contribution in [3.8, 4) is 0 Å². The molecule has 2 unspecified atom stereocenters. The molecule has 1 aliphatic rings. The number of hydrogen-bond donors (Lipinski definition) is 0. The van der Waals surface area contributed by atoms with E-state index >= 15 is 0 Å². The molecule has 0 amide bonds. The second kappa shape index (κ2) is 6.80. The van der Waals surface area contributed by atoms with Crippen molar-refractivity contribution in [2.24, 2.45) is 33.7 Å². The molecule has 0 bridgehead atoms. The summed E-state index contributed by atoms with van der Waals surface area (Å²) in [6, 6.07) is 0. The van der Waals surface area contributed by atoms with Gasteiger partial charge in [0.1, 0.15) is 5.54 Å². The SMILES string of the molecule is CC(C)C1=C(N=C=O)C(C(C)C)C(N=C=O)(C(C)C)C=C1. The molecule has 4 nitrogen and oxygen atoms in total. The van der Waals surface area contributed by atoms with Gasteiger partial charge in [0.25, 0.3) is 0 Å². The maximum absolute atomic E-state index is 11.0. The molecule has 0 aromatic rings. The van der Waals surface area contributed by atoms with E-state index in [1.165, 1.54) is 0 Å². The molecular weight excluding hydrogens is 264 g/mol. The molecule has 0 radical (unpaired) electrons. The van der Waals surface area contributed by atoms with Gasteiger partial charge in [-0.15, -0.1) is 0 Å². The van der Waals surface area contributed by atoms with Crippen LogP contribution in [0.3, 0.4) is 0 Å². The van der Waals surface area contributed by atoms with Crippen molar-refractivity contribution in [2.75, 3.05) is 0 Å². The first kappa shape index (κ1) is 17.3. The summed E-state index contributed by atoms with van der Waals surface area (Å²) in [6.07, 6.45) is 7.30. The van der Waals surface area contributed by atoms with Crippen LogP contribution >= 0.6 is 0 Å². The topological polar surface area (TPSA) is 58.9 Å². The molecule has 0 aromatic heterocycles. The van der Waals surface area contributed by atoms with Crippen molar-refractivity contribution >= 4 is 12.2 Å². The number of carbonyl (C=O) groups excluding carboxylic acids is 2. The average molecular weight is 288 g/mol. The third kappa shape index (κ3) is 3.12. The minimum Gasteiger partial charge on any atom is -0.211 e. The van der Waals surface area contributed by atoms with Gasteiger partial charge in [0.05, 0.1) is 5.70 Å². The lowest BCUT2D eigenvalue weighted by Crippen LogP contribution is -2.45. The standard InChI is InChI=1S/C17H24N2O2/c1-11(2)14-7-8-17(13(5)6,19-10-21)15(12(3)4)16(14)18-9-20/h7-8,11-13,15H,1-6H3. The normalized spacial score (nSPS) is 25.3. The van der Waals surface area contributed by atoms with Crippen molar-refractivity contribution < 1.29 is 9.59 Å². The van der Waals surface area contributed by atoms with Crippen LogP contribution in [0.1, 0.15) is 41.5 Å². The van der Waals surface area contributed by atoms with E-state index < -0.39 is 5.54 Å². The van der Waals surface area contributed by atoms with E-state index in [1.54, 1.807) is 12.2 Å². The van der Waals surface area contributed by atoms with E-state index in [1.807, 2.05) is 26.0 Å². The molecule has 0 saturated heterocycles. The van der Waals surface area contributed by atoms with Gasteiger partial charge in [-0.1, -0.05) is 53.7 Å². The molecule has 0 spiro atoms. The highest BCUT2D eigenvalue weighted by Gasteiger charge is 2.46. The molecule has 114 valence electrons. The molecule has 1 rings (SSSR count). The zero-order valence-corrected chi connectivity index (χ0v) is 13.7. The van der Waals surface area contributed by atoms with Gasteiger partial charge >= 0.3 is 0 Å². The minimum atomic E-state index is -0.704. The first-order valence-electron chi connectivity index (χ1n) is 7.42. The summed E-state index contributed by atoms with van der Waals surface area (Å²) in [4.78, 5) is 30.0. The second-order valence-electron chi connectivity index (χ2n) is 6.50. The van der Waals surface area contributed by atoms with E-state index in [4.69, 9.17) is 0 Å². The van der Waals surface area contributed by atoms with Crippen LogP contribution in [0, 0.1) is 23.7 Å². The Hall–Kier alpha value is -1.76. The summed E-state index contributed by atoms with van der Waals surface area (Å²) in [5.74, 6) is 0.367. The van der Waals surface area contributed by atoms with Crippen molar-refractivity contribution in [1.82, 2.24) is 0 Å². The lowest BCUT2D eigenvalue weighted by Gasteiger charge is -2.43. The monoisotopic (exact) mass is 288 g/mol. The second-order valence-corrected chi connectivity index (χ2v) is 6.50. The summed E-state index contributed by atoms with van der Waals surface area (Å²) >= 11 is 0. The first-order chi connectivity index (χ1) is 9.81. The Balaban J connectivity index is 3.66. The first-order valence-corrected chi connectivity index (χ1v) is 7.42. The third-order valence-corrected chi connectivity index (χ3v) is 4.24. The van der Waals surface area contributed by atoms with E-state index in [0.29, 0.717) is 5.70 Å². The Morgan fingerprint density at radius 3 is 2.10 bits per heavy atom. The maximum atomic E-state index is 11.0. The number of rotatable bonds is 5. The zero-order valence-electron chi connectivity index (χ0n) is 13.7. The maximum Gasteiger partial charge on any atom is 0.240 e. The van der Waals surface area contributed by atoms with Gasteiger partial charge in [0, 0.05) is 5.92 Å². The van der Waals surface area contributed by atoms with Gasteiger partial charge in [-0.3, -0.25) is 0 Å². The molecule has 1 aliphatic carbocycles. The van der Waals surface area contributed by atoms with Crippen molar-refractivity contribution in [2.45, 2.75) is 47.1 Å². The molecule has 2 atom stereocenters. The lowest BCUT2D eigenvalue weighted by atomic mass is 9.65. The minimum absolute atomic E-state index is 0.0909. The van der Waals surface area contributed by atoms with Crippen molar-refractivity contribution in [3.05, 3.63) is 23.4 Å². The van der Waals surface area contributed by atoms with E-state index in [2.05, 4.69) is 37.7 Å². The largest absolute Gasteiger partial charge is 0.240 e. The van der Waals surface area contributed by atoms with Gasteiger partial charge in [-0.05, 0) is 23.3 Å². The van der Waals surface area contributed by atoms with Crippen molar-refractivity contribution in [1.29, 1.82) is 0 Å². The summed E-state index contributed by atoms with van der Waals surface area (Å²) < 4.78 is 0. The Bertz CT molecular complexity index is 545. The van der Waals surface area contributed by atoms with Gasteiger partial charge in [0.2, 0.25) is 12.2 Å². The van der Waals surface area contributed by atoms with E-state index in [9.17, 15) is 9.59 Å². The highest BCUT2D eigenvalue weighted by Crippen LogP contribution is 2.46. The summed E-state index contributed by atoms with van der Waals surface area (Å²) in [6.45, 7) is 12.3. The highest BCUT2D eigenvalue weighted by molar-refractivity contribution is 5.48. The van der Waals surface area contributed by atoms with Crippen LogP contribution in [0.15, 0.2) is 33.4 Å². The van der Waals surface area contributed by atoms with Crippen LogP contribution < -0.4 is 0 Å². The molecular formula is C17H24N2O2. The van der Waals surface area contributed by atoms with Gasteiger partial charge in [-0.25, -0.2) is 9.59 Å². The van der Waals surface area contributed by atoms with Crippen LogP contribution in [0.25, 0.3) is 0 Å². The third-order valence-electron chi connectivity index (χ3n) is 4.24. The number of allylic oxidation sites excluding steroid dienone is 2. The number of isocyanates is 2. The fourth-order valence-corrected chi connectivity index (χ4v) is 3.20. The molecule has 0 aromatic carbocycles. The predicted octanol–water partition coefficient (Wildman–Crippen LogP) is 3.80. The Labute approximate surface area is 126 Å². The smallest absolute Gasteiger partial charge is 0.211 e. The number of aliphatic imine (C=N–C) groups is 2. The number of nitrogens with zero attached hydrogens (tertiary/aromatic N) is 2. The predicted molar refractivity (Wildman–Crippen MR) is 83.1 cm³/mol. The molecule has 0 N–H and O–H groups in total. The Kier molecular flexibility index (Phi) is 5.60. The summed E-state index contributed by atoms with van der Waals surface area (Å²) in [5.41, 5.74) is 1.00. The highest BCUT2D eigenvalue weighted by atomic mass is 16.1. The van der Waals surface area contributed by atoms with Crippen LogP contribution in [-0.2, 0) is 9.59 Å². The molecule has 4 heteroatoms. The Morgan fingerprint density at radius 2 is 1.71 bits per heavy atom. The molecule has 0 fully saturated rings. The van der Waals surface area contributed by atoms with E-state index in [-0.39, 0.29) is 23.7 Å². The zero-order chi connectivity index (χ0) is 16.2. The van der Waals surface area contributed by atoms with Crippen molar-refractivity contribution in [3.63, 3.8) is 0 Å². The number of hydrogen-bond acceptors (Lipinski definition) is 4. The lowest BCUT2D eigenvalue weighted by molar-refractivity contribution is 0.226. The quantitative estimate of drug-likeness (QED) is 0.570. The van der Waals surface area contributed by atoms with Crippen LogP contribution in [0.5, 0.6) is 0 Å². The molecule has 0 heterocycles.